The van der Waals surface area contributed by atoms with Gasteiger partial charge in [0, 0.05) is 6.42 Å². The van der Waals surface area contributed by atoms with Crippen molar-refractivity contribution in [3.63, 3.8) is 0 Å². The predicted molar refractivity (Wildman–Crippen MR) is 115 cm³/mol. The van der Waals surface area contributed by atoms with E-state index < -0.39 is 0 Å². The molecule has 1 atom stereocenters. The fraction of sp³-hybridized carbons (Fsp3) is 0.958. The van der Waals surface area contributed by atoms with Crippen molar-refractivity contribution in [2.75, 3.05) is 6.61 Å². The summed E-state index contributed by atoms with van der Waals surface area (Å²) in [5.41, 5.74) is 0. The van der Waals surface area contributed by atoms with Crippen molar-refractivity contribution in [3.8, 4) is 0 Å². The van der Waals surface area contributed by atoms with Crippen LogP contribution < -0.4 is 0 Å². The van der Waals surface area contributed by atoms with Crippen LogP contribution in [-0.4, -0.2) is 12.6 Å². The molecule has 0 radical (unpaired) electrons. The number of carbonyl (C=O) groups is 1. The van der Waals surface area contributed by atoms with Gasteiger partial charge in [-0.3, -0.25) is 4.79 Å². The van der Waals surface area contributed by atoms with Crippen molar-refractivity contribution in [2.45, 2.75) is 136 Å². The van der Waals surface area contributed by atoms with E-state index in [0.717, 1.165) is 12.8 Å². The fourth-order valence-corrected chi connectivity index (χ4v) is 3.48. The third-order valence-corrected chi connectivity index (χ3v) is 5.51. The SMILES string of the molecule is CCCCCCCCCCCC(=O)OCC(CC)CCCCCCCC. The van der Waals surface area contributed by atoms with Crippen LogP contribution in [0.4, 0.5) is 0 Å². The second-order valence-corrected chi connectivity index (χ2v) is 8.09. The molecule has 0 N–H and O–H groups in total. The van der Waals surface area contributed by atoms with Crippen molar-refractivity contribution >= 4 is 5.97 Å². The van der Waals surface area contributed by atoms with Crippen molar-refractivity contribution in [3.05, 3.63) is 0 Å². The van der Waals surface area contributed by atoms with Crippen LogP contribution in [0.15, 0.2) is 0 Å². The van der Waals surface area contributed by atoms with Crippen LogP contribution in [0.25, 0.3) is 0 Å². The van der Waals surface area contributed by atoms with Crippen molar-refractivity contribution in [2.24, 2.45) is 5.92 Å². The molecule has 0 aromatic heterocycles. The Morgan fingerprint density at radius 3 is 1.62 bits per heavy atom. The molecular formula is C24H48O2. The lowest BCUT2D eigenvalue weighted by Gasteiger charge is -2.15. The number of carbonyl (C=O) groups excluding carboxylic acids is 1. The van der Waals surface area contributed by atoms with E-state index in [0.29, 0.717) is 18.9 Å². The van der Waals surface area contributed by atoms with Crippen LogP contribution >= 0.6 is 0 Å². The van der Waals surface area contributed by atoms with Gasteiger partial charge in [-0.05, 0) is 18.8 Å². The van der Waals surface area contributed by atoms with Crippen LogP contribution in [-0.2, 0) is 9.53 Å². The Kier molecular flexibility index (Phi) is 20.4. The topological polar surface area (TPSA) is 26.3 Å². The summed E-state index contributed by atoms with van der Waals surface area (Å²) in [5.74, 6) is 0.586. The van der Waals surface area contributed by atoms with Gasteiger partial charge >= 0.3 is 5.97 Å². The smallest absolute Gasteiger partial charge is 0.305 e. The zero-order valence-electron chi connectivity index (χ0n) is 18.3. The average molecular weight is 369 g/mol. The van der Waals surface area contributed by atoms with Crippen LogP contribution in [0.3, 0.4) is 0 Å². The maximum atomic E-state index is 11.9. The third-order valence-electron chi connectivity index (χ3n) is 5.51. The van der Waals surface area contributed by atoms with Gasteiger partial charge in [0.25, 0.3) is 0 Å². The summed E-state index contributed by atoms with van der Waals surface area (Å²) >= 11 is 0. The summed E-state index contributed by atoms with van der Waals surface area (Å²) < 4.78 is 5.52. The number of unbranched alkanes of at least 4 members (excludes halogenated alkanes) is 13. The van der Waals surface area contributed by atoms with E-state index in [2.05, 4.69) is 20.8 Å². The first-order valence-electron chi connectivity index (χ1n) is 11.9. The number of esters is 1. The Morgan fingerprint density at radius 2 is 1.12 bits per heavy atom. The highest BCUT2D eigenvalue weighted by Gasteiger charge is 2.10. The van der Waals surface area contributed by atoms with Gasteiger partial charge in [-0.2, -0.15) is 0 Å². The van der Waals surface area contributed by atoms with Crippen molar-refractivity contribution in [1.82, 2.24) is 0 Å². The molecule has 0 saturated carbocycles. The first kappa shape index (κ1) is 25.5. The van der Waals surface area contributed by atoms with Gasteiger partial charge in [-0.1, -0.05) is 117 Å². The highest BCUT2D eigenvalue weighted by Crippen LogP contribution is 2.16. The highest BCUT2D eigenvalue weighted by molar-refractivity contribution is 5.69. The zero-order valence-corrected chi connectivity index (χ0v) is 18.3. The summed E-state index contributed by atoms with van der Waals surface area (Å²) in [6, 6.07) is 0. The summed E-state index contributed by atoms with van der Waals surface area (Å²) in [6.07, 6.45) is 22.6. The molecule has 0 aliphatic rings. The molecule has 0 aromatic rings. The Balaban J connectivity index is 3.46. The highest BCUT2D eigenvalue weighted by atomic mass is 16.5. The van der Waals surface area contributed by atoms with E-state index in [1.807, 2.05) is 0 Å². The second kappa shape index (κ2) is 20.8. The van der Waals surface area contributed by atoms with Gasteiger partial charge in [-0.15, -0.1) is 0 Å². The van der Waals surface area contributed by atoms with E-state index in [9.17, 15) is 4.79 Å². The molecule has 0 aliphatic carbocycles. The molecule has 0 saturated heterocycles. The Labute approximate surface area is 164 Å². The minimum absolute atomic E-state index is 0.0225. The Morgan fingerprint density at radius 1 is 0.654 bits per heavy atom. The van der Waals surface area contributed by atoms with E-state index >= 15 is 0 Å². The van der Waals surface area contributed by atoms with Crippen molar-refractivity contribution in [1.29, 1.82) is 0 Å². The predicted octanol–water partition coefficient (Wildman–Crippen LogP) is 8.23. The fourth-order valence-electron chi connectivity index (χ4n) is 3.48. The zero-order chi connectivity index (χ0) is 19.3. The summed E-state index contributed by atoms with van der Waals surface area (Å²) in [6.45, 7) is 7.38. The Hall–Kier alpha value is -0.530. The molecule has 2 nitrogen and oxygen atoms in total. The monoisotopic (exact) mass is 368 g/mol. The molecule has 0 aromatic carbocycles. The van der Waals surface area contributed by atoms with Gasteiger partial charge in [0.1, 0.15) is 0 Å². The van der Waals surface area contributed by atoms with Gasteiger partial charge < -0.3 is 4.74 Å². The van der Waals surface area contributed by atoms with Gasteiger partial charge in [0.05, 0.1) is 6.61 Å². The van der Waals surface area contributed by atoms with E-state index in [4.69, 9.17) is 4.74 Å². The molecular weight excluding hydrogens is 320 g/mol. The van der Waals surface area contributed by atoms with Gasteiger partial charge in [-0.25, -0.2) is 0 Å². The third kappa shape index (κ3) is 18.3. The Bertz CT molecular complexity index is 288. The molecule has 0 rings (SSSR count). The maximum absolute atomic E-state index is 11.9. The maximum Gasteiger partial charge on any atom is 0.305 e. The van der Waals surface area contributed by atoms with E-state index in [-0.39, 0.29) is 5.97 Å². The number of hydrogen-bond donors (Lipinski definition) is 0. The molecule has 0 aliphatic heterocycles. The number of hydrogen-bond acceptors (Lipinski definition) is 2. The molecule has 0 spiro atoms. The standard InChI is InChI=1S/C24H48O2/c1-4-7-9-11-13-14-15-17-19-21-24(25)26-22-23(6-3)20-18-16-12-10-8-5-2/h23H,4-22H2,1-3H3. The first-order valence-corrected chi connectivity index (χ1v) is 11.9. The van der Waals surface area contributed by atoms with Gasteiger partial charge in [0.2, 0.25) is 0 Å². The summed E-state index contributed by atoms with van der Waals surface area (Å²) in [4.78, 5) is 11.9. The molecule has 0 bridgehead atoms. The van der Waals surface area contributed by atoms with Crippen LogP contribution in [0.5, 0.6) is 0 Å². The van der Waals surface area contributed by atoms with E-state index in [1.165, 1.54) is 96.3 Å². The normalized spacial score (nSPS) is 12.3. The van der Waals surface area contributed by atoms with Crippen molar-refractivity contribution < 1.29 is 9.53 Å². The first-order chi connectivity index (χ1) is 12.7. The lowest BCUT2D eigenvalue weighted by Crippen LogP contribution is -2.13. The molecule has 1 unspecified atom stereocenters. The minimum Gasteiger partial charge on any atom is -0.465 e. The number of ether oxygens (including phenoxy) is 1. The molecule has 0 amide bonds. The second-order valence-electron chi connectivity index (χ2n) is 8.09. The summed E-state index contributed by atoms with van der Waals surface area (Å²) in [7, 11) is 0. The lowest BCUT2D eigenvalue weighted by molar-refractivity contribution is -0.145. The van der Waals surface area contributed by atoms with E-state index in [1.54, 1.807) is 0 Å². The average Bonchev–Trinajstić information content (AvgIpc) is 2.65. The molecule has 156 valence electrons. The van der Waals surface area contributed by atoms with Crippen LogP contribution in [0, 0.1) is 5.92 Å². The minimum atomic E-state index is 0.0225. The number of rotatable bonds is 20. The lowest BCUT2D eigenvalue weighted by atomic mass is 9.98. The molecule has 26 heavy (non-hydrogen) atoms. The molecule has 0 heterocycles. The molecule has 2 heteroatoms. The van der Waals surface area contributed by atoms with Gasteiger partial charge in [0.15, 0.2) is 0 Å². The van der Waals surface area contributed by atoms with Crippen LogP contribution in [0.2, 0.25) is 0 Å². The molecule has 0 fully saturated rings. The quantitative estimate of drug-likeness (QED) is 0.160. The van der Waals surface area contributed by atoms with Crippen LogP contribution in [0.1, 0.15) is 136 Å². The summed E-state index contributed by atoms with van der Waals surface area (Å²) in [5, 5.41) is 0. The largest absolute Gasteiger partial charge is 0.465 e.